The van der Waals surface area contributed by atoms with Crippen LogP contribution in [-0.2, 0) is 0 Å². The number of H-pyrrole nitrogens is 1. The van der Waals surface area contributed by atoms with E-state index in [1.54, 1.807) is 18.3 Å². The number of hydrogen-bond acceptors (Lipinski definition) is 2. The van der Waals surface area contributed by atoms with E-state index in [-0.39, 0.29) is 11.5 Å². The molecule has 0 aliphatic carbocycles. The Morgan fingerprint density at radius 3 is 2.85 bits per heavy atom. The average molecular weight is 176 g/mol. The lowest BCUT2D eigenvalue weighted by atomic mass is 10.3. The van der Waals surface area contributed by atoms with Crippen molar-refractivity contribution in [3.63, 3.8) is 0 Å². The Morgan fingerprint density at radius 2 is 2.15 bits per heavy atom. The zero-order valence-corrected chi connectivity index (χ0v) is 7.07. The third-order valence-electron chi connectivity index (χ3n) is 1.91. The molecule has 0 saturated carbocycles. The van der Waals surface area contributed by atoms with Crippen molar-refractivity contribution >= 4 is 16.9 Å². The first-order chi connectivity index (χ1) is 6.18. The maximum atomic E-state index is 11.1. The molecule has 2 heterocycles. The molecular weight excluding hydrogens is 168 g/mol. The summed E-state index contributed by atoms with van der Waals surface area (Å²) in [6.07, 6.45) is 1.64. The number of rotatable bonds is 0. The van der Waals surface area contributed by atoms with E-state index >= 15 is 0 Å². The van der Waals surface area contributed by atoms with Gasteiger partial charge in [-0.15, -0.1) is 0 Å². The Kier molecular flexibility index (Phi) is 1.55. The van der Waals surface area contributed by atoms with Gasteiger partial charge in [-0.2, -0.15) is 0 Å². The van der Waals surface area contributed by atoms with Gasteiger partial charge in [0.15, 0.2) is 0 Å². The van der Waals surface area contributed by atoms with E-state index in [1.165, 1.54) is 17.6 Å². The molecule has 4 nitrogen and oxygen atoms in total. The van der Waals surface area contributed by atoms with Gasteiger partial charge in [0.2, 0.25) is 11.5 Å². The molecule has 0 radical (unpaired) electrons. The average Bonchev–Trinajstić information content (AvgIpc) is 2.46. The molecule has 0 fully saturated rings. The monoisotopic (exact) mass is 176 g/mol. The van der Waals surface area contributed by atoms with Crippen LogP contribution in [0.15, 0.2) is 29.2 Å². The molecule has 1 N–H and O–H groups in total. The second kappa shape index (κ2) is 2.58. The van der Waals surface area contributed by atoms with Gasteiger partial charge in [0, 0.05) is 24.6 Å². The van der Waals surface area contributed by atoms with Gasteiger partial charge in [0.25, 0.3) is 0 Å². The summed E-state index contributed by atoms with van der Waals surface area (Å²) in [6.45, 7) is 1.45. The topological polar surface area (TPSA) is 54.9 Å². The van der Waals surface area contributed by atoms with Crippen LogP contribution in [0, 0.1) is 0 Å². The molecule has 0 aliphatic heterocycles. The van der Waals surface area contributed by atoms with Gasteiger partial charge in [-0.25, -0.2) is 0 Å². The van der Waals surface area contributed by atoms with Crippen molar-refractivity contribution < 1.29 is 4.79 Å². The summed E-state index contributed by atoms with van der Waals surface area (Å²) in [5.41, 5.74) is 0.355. The predicted molar refractivity (Wildman–Crippen MR) is 48.9 cm³/mol. The first-order valence-electron chi connectivity index (χ1n) is 3.90. The second-order valence-corrected chi connectivity index (χ2v) is 2.83. The molecular formula is C9H8N2O2. The van der Waals surface area contributed by atoms with E-state index in [4.69, 9.17) is 0 Å². The van der Waals surface area contributed by atoms with Crippen LogP contribution in [0.5, 0.6) is 0 Å². The molecule has 66 valence electrons. The Labute approximate surface area is 73.8 Å². The number of nitrogens with one attached hydrogen (secondary N) is 1. The number of aromatic amines is 1. The summed E-state index contributed by atoms with van der Waals surface area (Å²) in [4.78, 5) is 24.7. The highest BCUT2D eigenvalue weighted by atomic mass is 16.2. The molecule has 0 atom stereocenters. The normalized spacial score (nSPS) is 10.5. The Bertz CT molecular complexity index is 522. The number of fused-ring (bicyclic) bond motifs is 1. The molecule has 4 heteroatoms. The lowest BCUT2D eigenvalue weighted by Crippen LogP contribution is -2.09. The van der Waals surface area contributed by atoms with Crippen LogP contribution in [0.2, 0.25) is 0 Å². The smallest absolute Gasteiger partial charge is 0.249 e. The minimum Gasteiger partial charge on any atom is -0.308 e. The molecule has 13 heavy (non-hydrogen) atoms. The zero-order valence-electron chi connectivity index (χ0n) is 7.07. The summed E-state index contributed by atoms with van der Waals surface area (Å²) in [7, 11) is 0. The van der Waals surface area contributed by atoms with Crippen molar-refractivity contribution in [2.45, 2.75) is 6.92 Å². The fourth-order valence-electron chi connectivity index (χ4n) is 1.30. The minimum absolute atomic E-state index is 0.114. The maximum Gasteiger partial charge on any atom is 0.249 e. The van der Waals surface area contributed by atoms with Gasteiger partial charge >= 0.3 is 0 Å². The molecule has 0 aliphatic rings. The van der Waals surface area contributed by atoms with Crippen molar-refractivity contribution in [1.29, 1.82) is 0 Å². The number of carbonyl (C=O) groups is 1. The van der Waals surface area contributed by atoms with Crippen LogP contribution in [0.25, 0.3) is 11.0 Å². The lowest BCUT2D eigenvalue weighted by molar-refractivity contribution is 0.0941. The highest BCUT2D eigenvalue weighted by Gasteiger charge is 2.03. The number of pyridine rings is 1. The van der Waals surface area contributed by atoms with Crippen LogP contribution in [0.3, 0.4) is 0 Å². The fourth-order valence-corrected chi connectivity index (χ4v) is 1.30. The van der Waals surface area contributed by atoms with Gasteiger partial charge in [-0.05, 0) is 12.1 Å². The lowest BCUT2D eigenvalue weighted by Gasteiger charge is -1.97. The van der Waals surface area contributed by atoms with Gasteiger partial charge in [0.1, 0.15) is 5.65 Å². The van der Waals surface area contributed by atoms with Crippen molar-refractivity contribution in [2.75, 3.05) is 0 Å². The number of nitrogens with zero attached hydrogens (tertiary/aromatic N) is 1. The molecule has 0 spiro atoms. The fraction of sp³-hybridized carbons (Fsp3) is 0.111. The summed E-state index contributed by atoms with van der Waals surface area (Å²) in [5.74, 6) is -0.114. The van der Waals surface area contributed by atoms with Crippen LogP contribution in [-0.4, -0.2) is 15.5 Å². The van der Waals surface area contributed by atoms with Crippen LogP contribution in [0.4, 0.5) is 0 Å². The quantitative estimate of drug-likeness (QED) is 0.650. The molecule has 0 amide bonds. The maximum absolute atomic E-state index is 11.1. The Balaban J connectivity index is 2.86. The van der Waals surface area contributed by atoms with Gasteiger partial charge in [-0.3, -0.25) is 14.2 Å². The van der Waals surface area contributed by atoms with E-state index < -0.39 is 0 Å². The van der Waals surface area contributed by atoms with E-state index in [0.29, 0.717) is 5.65 Å². The molecule has 0 saturated heterocycles. The molecule has 2 aromatic rings. The van der Waals surface area contributed by atoms with Crippen LogP contribution < -0.4 is 5.56 Å². The van der Waals surface area contributed by atoms with E-state index in [9.17, 15) is 9.59 Å². The molecule has 0 bridgehead atoms. The van der Waals surface area contributed by atoms with Crippen molar-refractivity contribution in [3.05, 3.63) is 34.7 Å². The molecule has 0 unspecified atom stereocenters. The molecule has 0 aromatic carbocycles. The third kappa shape index (κ3) is 1.16. The Hall–Kier alpha value is -1.84. The standard InChI is InChI=1S/C9H8N2O2/c1-6(12)11-5-4-7-2-3-8(13)10-9(7)11/h2-5H,1H3,(H,10,13). The van der Waals surface area contributed by atoms with E-state index in [0.717, 1.165) is 5.39 Å². The number of hydrogen-bond donors (Lipinski definition) is 1. The van der Waals surface area contributed by atoms with Crippen LogP contribution in [0.1, 0.15) is 11.7 Å². The second-order valence-electron chi connectivity index (χ2n) is 2.83. The highest BCUT2D eigenvalue weighted by Crippen LogP contribution is 2.09. The summed E-state index contributed by atoms with van der Waals surface area (Å²) < 4.78 is 1.41. The van der Waals surface area contributed by atoms with E-state index in [1.807, 2.05) is 0 Å². The van der Waals surface area contributed by atoms with Gasteiger partial charge in [0.05, 0.1) is 0 Å². The summed E-state index contributed by atoms with van der Waals surface area (Å²) in [5, 5.41) is 0.856. The Morgan fingerprint density at radius 1 is 1.38 bits per heavy atom. The SMILES string of the molecule is CC(=O)n1ccc2ccc(=O)[nH]c21. The summed E-state index contributed by atoms with van der Waals surface area (Å²) >= 11 is 0. The number of aromatic nitrogens is 2. The summed E-state index contributed by atoms with van der Waals surface area (Å²) in [6, 6.07) is 4.91. The first kappa shape index (κ1) is 7.79. The van der Waals surface area contributed by atoms with Crippen molar-refractivity contribution in [1.82, 2.24) is 9.55 Å². The van der Waals surface area contributed by atoms with Crippen LogP contribution >= 0.6 is 0 Å². The van der Waals surface area contributed by atoms with Crippen molar-refractivity contribution in [2.24, 2.45) is 0 Å². The molecule has 2 rings (SSSR count). The third-order valence-corrected chi connectivity index (χ3v) is 1.91. The largest absolute Gasteiger partial charge is 0.308 e. The van der Waals surface area contributed by atoms with Gasteiger partial charge < -0.3 is 4.98 Å². The first-order valence-corrected chi connectivity index (χ1v) is 3.90. The zero-order chi connectivity index (χ0) is 9.42. The molecule has 2 aromatic heterocycles. The van der Waals surface area contributed by atoms with E-state index in [2.05, 4.69) is 4.98 Å². The number of carbonyl (C=O) groups excluding carboxylic acids is 1. The van der Waals surface area contributed by atoms with Gasteiger partial charge in [-0.1, -0.05) is 0 Å². The predicted octanol–water partition coefficient (Wildman–Crippen LogP) is 0.990. The minimum atomic E-state index is -0.200. The van der Waals surface area contributed by atoms with Crippen molar-refractivity contribution in [3.8, 4) is 0 Å². The highest BCUT2D eigenvalue weighted by molar-refractivity contribution is 5.88.